The minimum Gasteiger partial charge on any atom is -0.508 e. The van der Waals surface area contributed by atoms with Crippen molar-refractivity contribution in [2.24, 2.45) is 5.92 Å². The maximum Gasteiger partial charge on any atom is 0.115 e. The molecule has 0 bridgehead atoms. The van der Waals surface area contributed by atoms with Crippen LogP contribution < -0.4 is 5.32 Å². The highest BCUT2D eigenvalue weighted by molar-refractivity contribution is 7.10. The van der Waals surface area contributed by atoms with Crippen LogP contribution in [0.15, 0.2) is 41.8 Å². The third-order valence-corrected chi connectivity index (χ3v) is 4.87. The first-order valence-electron chi connectivity index (χ1n) is 6.92. The van der Waals surface area contributed by atoms with Crippen molar-refractivity contribution < 1.29 is 5.11 Å². The molecule has 2 aromatic rings. The van der Waals surface area contributed by atoms with Gasteiger partial charge in [-0.05, 0) is 54.5 Å². The van der Waals surface area contributed by atoms with Gasteiger partial charge in [0.15, 0.2) is 0 Å². The quantitative estimate of drug-likeness (QED) is 0.784. The SMILES string of the molecule is Oc1ccc(NC(c2cccs2)C2CCCC2)cc1. The summed E-state index contributed by atoms with van der Waals surface area (Å²) >= 11 is 1.83. The fraction of sp³-hybridized carbons (Fsp3) is 0.375. The molecule has 3 rings (SSSR count). The van der Waals surface area contributed by atoms with Crippen LogP contribution in [-0.2, 0) is 0 Å². The molecule has 1 heterocycles. The Kier molecular flexibility index (Phi) is 3.74. The van der Waals surface area contributed by atoms with Crippen LogP contribution in [0.1, 0.15) is 36.6 Å². The number of phenolic OH excluding ortho intramolecular Hbond substituents is 1. The highest BCUT2D eigenvalue weighted by atomic mass is 32.1. The van der Waals surface area contributed by atoms with E-state index in [0.29, 0.717) is 11.8 Å². The van der Waals surface area contributed by atoms with Crippen LogP contribution in [0.4, 0.5) is 5.69 Å². The normalized spacial score (nSPS) is 17.5. The summed E-state index contributed by atoms with van der Waals surface area (Å²) in [6.45, 7) is 0. The number of anilines is 1. The molecule has 1 aromatic carbocycles. The lowest BCUT2D eigenvalue weighted by atomic mass is 9.96. The van der Waals surface area contributed by atoms with Gasteiger partial charge in [0, 0.05) is 10.6 Å². The number of aromatic hydroxyl groups is 1. The van der Waals surface area contributed by atoms with Crippen molar-refractivity contribution in [1.29, 1.82) is 0 Å². The summed E-state index contributed by atoms with van der Waals surface area (Å²) in [5, 5.41) is 15.2. The predicted molar refractivity (Wildman–Crippen MR) is 80.7 cm³/mol. The summed E-state index contributed by atoms with van der Waals surface area (Å²) in [4.78, 5) is 1.42. The van der Waals surface area contributed by atoms with Crippen molar-refractivity contribution in [3.63, 3.8) is 0 Å². The summed E-state index contributed by atoms with van der Waals surface area (Å²) < 4.78 is 0. The first-order chi connectivity index (χ1) is 9.33. The second kappa shape index (κ2) is 5.66. The highest BCUT2D eigenvalue weighted by Crippen LogP contribution is 2.39. The van der Waals surface area contributed by atoms with Gasteiger partial charge in [-0.15, -0.1) is 11.3 Å². The van der Waals surface area contributed by atoms with E-state index in [4.69, 9.17) is 0 Å². The van der Waals surface area contributed by atoms with Crippen LogP contribution in [0.5, 0.6) is 5.75 Å². The van der Waals surface area contributed by atoms with E-state index in [2.05, 4.69) is 22.8 Å². The lowest BCUT2D eigenvalue weighted by Gasteiger charge is -2.25. The molecule has 2 N–H and O–H groups in total. The summed E-state index contributed by atoms with van der Waals surface area (Å²) in [7, 11) is 0. The Balaban J connectivity index is 1.81. The Morgan fingerprint density at radius 2 is 1.84 bits per heavy atom. The molecule has 1 fully saturated rings. The number of thiophene rings is 1. The highest BCUT2D eigenvalue weighted by Gasteiger charge is 2.26. The van der Waals surface area contributed by atoms with Crippen LogP contribution in [0.2, 0.25) is 0 Å². The van der Waals surface area contributed by atoms with E-state index < -0.39 is 0 Å². The van der Waals surface area contributed by atoms with E-state index in [1.807, 2.05) is 23.5 Å². The average Bonchev–Trinajstić information content (AvgIpc) is 3.11. The third-order valence-electron chi connectivity index (χ3n) is 3.91. The van der Waals surface area contributed by atoms with Crippen LogP contribution in [0, 0.1) is 5.92 Å². The van der Waals surface area contributed by atoms with Crippen LogP contribution in [-0.4, -0.2) is 5.11 Å². The van der Waals surface area contributed by atoms with Gasteiger partial charge in [0.25, 0.3) is 0 Å². The zero-order chi connectivity index (χ0) is 13.1. The molecule has 0 radical (unpaired) electrons. The molecule has 1 saturated carbocycles. The molecule has 0 aliphatic heterocycles. The number of benzene rings is 1. The van der Waals surface area contributed by atoms with Gasteiger partial charge in [-0.1, -0.05) is 18.9 Å². The van der Waals surface area contributed by atoms with Gasteiger partial charge < -0.3 is 10.4 Å². The monoisotopic (exact) mass is 273 g/mol. The molecule has 100 valence electrons. The van der Waals surface area contributed by atoms with Gasteiger partial charge in [-0.3, -0.25) is 0 Å². The zero-order valence-corrected chi connectivity index (χ0v) is 11.7. The van der Waals surface area contributed by atoms with Crippen LogP contribution in [0.3, 0.4) is 0 Å². The van der Waals surface area contributed by atoms with Gasteiger partial charge in [0.05, 0.1) is 6.04 Å². The molecule has 0 amide bonds. The van der Waals surface area contributed by atoms with Gasteiger partial charge in [-0.25, -0.2) is 0 Å². The predicted octanol–water partition coefficient (Wildman–Crippen LogP) is 4.80. The van der Waals surface area contributed by atoms with Gasteiger partial charge in [0.2, 0.25) is 0 Å². The van der Waals surface area contributed by atoms with E-state index in [0.717, 1.165) is 11.6 Å². The number of rotatable bonds is 4. The largest absolute Gasteiger partial charge is 0.508 e. The van der Waals surface area contributed by atoms with E-state index in [1.165, 1.54) is 30.6 Å². The van der Waals surface area contributed by atoms with Crippen molar-refractivity contribution in [3.05, 3.63) is 46.7 Å². The molecular formula is C16H19NOS. The average molecular weight is 273 g/mol. The molecule has 1 aliphatic rings. The minimum atomic E-state index is 0.319. The maximum atomic E-state index is 9.36. The summed E-state index contributed by atoms with van der Waals surface area (Å²) in [5.74, 6) is 1.05. The number of nitrogens with one attached hydrogen (secondary N) is 1. The molecule has 1 aromatic heterocycles. The van der Waals surface area contributed by atoms with Crippen molar-refractivity contribution >= 4 is 17.0 Å². The van der Waals surface area contributed by atoms with E-state index >= 15 is 0 Å². The molecule has 0 saturated heterocycles. The van der Waals surface area contributed by atoms with E-state index in [1.54, 1.807) is 12.1 Å². The molecular weight excluding hydrogens is 254 g/mol. The molecule has 0 spiro atoms. The topological polar surface area (TPSA) is 32.3 Å². The lowest BCUT2D eigenvalue weighted by Crippen LogP contribution is -2.17. The van der Waals surface area contributed by atoms with Crippen LogP contribution >= 0.6 is 11.3 Å². The smallest absolute Gasteiger partial charge is 0.115 e. The Hall–Kier alpha value is -1.48. The lowest BCUT2D eigenvalue weighted by molar-refractivity contribution is 0.472. The fourth-order valence-electron chi connectivity index (χ4n) is 2.92. The summed E-state index contributed by atoms with van der Waals surface area (Å²) in [6, 6.07) is 12.1. The second-order valence-corrected chi connectivity index (χ2v) is 6.21. The maximum absolute atomic E-state index is 9.36. The second-order valence-electron chi connectivity index (χ2n) is 5.23. The number of hydrogen-bond acceptors (Lipinski definition) is 3. The molecule has 2 nitrogen and oxygen atoms in total. The van der Waals surface area contributed by atoms with Gasteiger partial charge >= 0.3 is 0 Å². The Morgan fingerprint density at radius 3 is 2.47 bits per heavy atom. The minimum absolute atomic E-state index is 0.319. The fourth-order valence-corrected chi connectivity index (χ4v) is 3.79. The van der Waals surface area contributed by atoms with Crippen molar-refractivity contribution in [2.45, 2.75) is 31.7 Å². The molecule has 1 atom stereocenters. The molecule has 19 heavy (non-hydrogen) atoms. The first kappa shape index (κ1) is 12.5. The Morgan fingerprint density at radius 1 is 1.11 bits per heavy atom. The van der Waals surface area contributed by atoms with Crippen molar-refractivity contribution in [2.75, 3.05) is 5.32 Å². The first-order valence-corrected chi connectivity index (χ1v) is 7.80. The Labute approximate surface area is 118 Å². The van der Waals surface area contributed by atoms with Gasteiger partial charge in [-0.2, -0.15) is 0 Å². The summed E-state index contributed by atoms with van der Waals surface area (Å²) in [5.41, 5.74) is 1.09. The zero-order valence-electron chi connectivity index (χ0n) is 10.9. The standard InChI is InChI=1S/C16H19NOS/c18-14-9-7-13(8-10-14)17-16(12-4-1-2-5-12)15-6-3-11-19-15/h3,6-12,16-18H,1-2,4-5H2. The Bertz CT molecular complexity index is 500. The number of hydrogen-bond donors (Lipinski definition) is 2. The number of phenols is 1. The summed E-state index contributed by atoms with van der Waals surface area (Å²) in [6.07, 6.45) is 5.33. The molecule has 1 aliphatic carbocycles. The van der Waals surface area contributed by atoms with E-state index in [9.17, 15) is 5.11 Å². The van der Waals surface area contributed by atoms with Gasteiger partial charge in [0.1, 0.15) is 5.75 Å². The van der Waals surface area contributed by atoms with Crippen LogP contribution in [0.25, 0.3) is 0 Å². The molecule has 3 heteroatoms. The molecule has 1 unspecified atom stereocenters. The van der Waals surface area contributed by atoms with Crippen molar-refractivity contribution in [1.82, 2.24) is 0 Å². The third kappa shape index (κ3) is 2.92. The van der Waals surface area contributed by atoms with Crippen molar-refractivity contribution in [3.8, 4) is 5.75 Å². The van der Waals surface area contributed by atoms with E-state index in [-0.39, 0.29) is 0 Å².